The Kier molecular flexibility index (Phi) is 6.61. The van der Waals surface area contributed by atoms with Crippen molar-refractivity contribution < 1.29 is 33.3 Å². The summed E-state index contributed by atoms with van der Waals surface area (Å²) in [6, 6.07) is 0. The zero-order valence-electron chi connectivity index (χ0n) is 12.4. The van der Waals surface area contributed by atoms with Crippen LogP contribution in [0, 0.1) is 0 Å². The molecular weight excluding hydrogens is 298 g/mol. The van der Waals surface area contributed by atoms with Gasteiger partial charge in [0.15, 0.2) is 12.2 Å². The van der Waals surface area contributed by atoms with E-state index in [1.54, 1.807) is 0 Å². The molecule has 10 heteroatoms. The van der Waals surface area contributed by atoms with Crippen molar-refractivity contribution in [1.82, 2.24) is 0 Å². The minimum Gasteiger partial charge on any atom is -0.463 e. The van der Waals surface area contributed by atoms with Crippen LogP contribution in [0.1, 0.15) is 20.8 Å². The third kappa shape index (κ3) is 5.23. The lowest BCUT2D eigenvalue weighted by Gasteiger charge is -2.22. The van der Waals surface area contributed by atoms with Gasteiger partial charge in [-0.15, -0.1) is 0 Å². The number of ether oxygens (including phenoxy) is 4. The van der Waals surface area contributed by atoms with E-state index in [-0.39, 0.29) is 13.2 Å². The van der Waals surface area contributed by atoms with Gasteiger partial charge in [0, 0.05) is 25.7 Å². The van der Waals surface area contributed by atoms with Crippen LogP contribution in [0.2, 0.25) is 0 Å². The molecule has 10 nitrogen and oxygen atoms in total. The number of hydrogen-bond acceptors (Lipinski definition) is 8. The maximum Gasteiger partial charge on any atom is 0.303 e. The lowest BCUT2D eigenvalue weighted by molar-refractivity contribution is -0.165. The Bertz CT molecular complexity index is 489. The highest BCUT2D eigenvalue weighted by atomic mass is 16.6. The van der Waals surface area contributed by atoms with Crippen molar-refractivity contribution in [2.45, 2.75) is 45.2 Å². The Labute approximate surface area is 126 Å². The molecule has 0 aromatic rings. The van der Waals surface area contributed by atoms with Gasteiger partial charge in [0.05, 0.1) is 6.54 Å². The Hall–Kier alpha value is -2.32. The molecule has 0 unspecified atom stereocenters. The first-order valence-electron chi connectivity index (χ1n) is 6.49. The monoisotopic (exact) mass is 315 g/mol. The van der Waals surface area contributed by atoms with Crippen molar-refractivity contribution in [2.24, 2.45) is 5.11 Å². The van der Waals surface area contributed by atoms with E-state index in [1.807, 2.05) is 0 Å². The zero-order chi connectivity index (χ0) is 16.7. The largest absolute Gasteiger partial charge is 0.463 e. The van der Waals surface area contributed by atoms with Gasteiger partial charge in [0.25, 0.3) is 0 Å². The topological polar surface area (TPSA) is 137 Å². The van der Waals surface area contributed by atoms with Crippen LogP contribution in [-0.4, -0.2) is 55.5 Å². The summed E-state index contributed by atoms with van der Waals surface area (Å²) in [5, 5.41) is 3.37. The summed E-state index contributed by atoms with van der Waals surface area (Å²) in [4.78, 5) is 36.0. The summed E-state index contributed by atoms with van der Waals surface area (Å²) < 4.78 is 20.6. The van der Waals surface area contributed by atoms with Gasteiger partial charge in [-0.25, -0.2) is 0 Å². The van der Waals surface area contributed by atoms with E-state index >= 15 is 0 Å². The summed E-state index contributed by atoms with van der Waals surface area (Å²) in [6.45, 7) is 3.29. The molecule has 0 aliphatic carbocycles. The van der Waals surface area contributed by atoms with Gasteiger partial charge in [-0.1, -0.05) is 5.11 Å². The fourth-order valence-electron chi connectivity index (χ4n) is 2.07. The molecule has 0 aromatic heterocycles. The summed E-state index contributed by atoms with van der Waals surface area (Å²) in [5.41, 5.74) is 8.39. The molecule has 0 bridgehead atoms. The second kappa shape index (κ2) is 8.20. The first kappa shape index (κ1) is 17.7. The predicted molar refractivity (Wildman–Crippen MR) is 70.4 cm³/mol. The van der Waals surface area contributed by atoms with Crippen LogP contribution in [-0.2, 0) is 33.3 Å². The van der Waals surface area contributed by atoms with Crippen LogP contribution >= 0.6 is 0 Å². The molecule has 0 N–H and O–H groups in total. The van der Waals surface area contributed by atoms with E-state index in [9.17, 15) is 14.4 Å². The summed E-state index contributed by atoms with van der Waals surface area (Å²) in [5.74, 6) is -1.75. The van der Waals surface area contributed by atoms with E-state index in [2.05, 4.69) is 10.0 Å². The highest BCUT2D eigenvalue weighted by molar-refractivity contribution is 5.68. The highest BCUT2D eigenvalue weighted by Gasteiger charge is 2.49. The molecule has 1 saturated heterocycles. The van der Waals surface area contributed by atoms with Crippen LogP contribution in [0.5, 0.6) is 0 Å². The van der Waals surface area contributed by atoms with Gasteiger partial charge in [-0.2, -0.15) is 0 Å². The van der Waals surface area contributed by atoms with Gasteiger partial charge in [-0.3, -0.25) is 14.4 Å². The fraction of sp³-hybridized carbons (Fsp3) is 0.750. The number of carbonyl (C=O) groups excluding carboxylic acids is 3. The maximum atomic E-state index is 11.2. The molecule has 22 heavy (non-hydrogen) atoms. The van der Waals surface area contributed by atoms with Crippen LogP contribution in [0.15, 0.2) is 5.11 Å². The molecule has 1 fully saturated rings. The summed E-state index contributed by atoms with van der Waals surface area (Å²) in [7, 11) is 0. The normalized spacial score (nSPS) is 26.7. The van der Waals surface area contributed by atoms with Crippen LogP contribution in [0.4, 0.5) is 0 Å². The molecule has 1 aliphatic heterocycles. The van der Waals surface area contributed by atoms with Crippen LogP contribution in [0.3, 0.4) is 0 Å². The number of azide groups is 1. The average molecular weight is 315 g/mol. The van der Waals surface area contributed by atoms with Crippen molar-refractivity contribution in [3.05, 3.63) is 10.4 Å². The number of esters is 3. The zero-order valence-corrected chi connectivity index (χ0v) is 12.4. The van der Waals surface area contributed by atoms with E-state index in [4.69, 9.17) is 24.5 Å². The number of carbonyl (C=O) groups is 3. The van der Waals surface area contributed by atoms with Crippen LogP contribution < -0.4 is 0 Å². The molecule has 1 rings (SSSR count). The van der Waals surface area contributed by atoms with Gasteiger partial charge in [0.1, 0.15) is 18.8 Å². The molecule has 0 spiro atoms. The Morgan fingerprint density at radius 3 is 2.05 bits per heavy atom. The van der Waals surface area contributed by atoms with Gasteiger partial charge >= 0.3 is 17.9 Å². The molecule has 4 atom stereocenters. The molecule has 0 aromatic carbocycles. The fourth-order valence-corrected chi connectivity index (χ4v) is 2.07. The SMILES string of the molecule is CC(=O)OC[C@H]1O[C@@H](CN=[N+]=[N-])[C@H](OC(C)=O)[C@@H]1OC(C)=O. The van der Waals surface area contributed by atoms with E-state index in [1.165, 1.54) is 20.8 Å². The third-order valence-corrected chi connectivity index (χ3v) is 2.79. The van der Waals surface area contributed by atoms with Gasteiger partial charge in [-0.05, 0) is 5.53 Å². The molecule has 0 amide bonds. The van der Waals surface area contributed by atoms with Crippen molar-refractivity contribution in [3.63, 3.8) is 0 Å². The highest BCUT2D eigenvalue weighted by Crippen LogP contribution is 2.28. The Morgan fingerprint density at radius 2 is 1.59 bits per heavy atom. The Morgan fingerprint density at radius 1 is 1.05 bits per heavy atom. The molecule has 0 saturated carbocycles. The number of hydrogen-bond donors (Lipinski definition) is 0. The minimum absolute atomic E-state index is 0.122. The minimum atomic E-state index is -0.959. The maximum absolute atomic E-state index is 11.2. The smallest absolute Gasteiger partial charge is 0.303 e. The first-order chi connectivity index (χ1) is 10.3. The summed E-state index contributed by atoms with van der Waals surface area (Å²) >= 11 is 0. The van der Waals surface area contributed by atoms with E-state index < -0.39 is 42.3 Å². The van der Waals surface area contributed by atoms with Crippen molar-refractivity contribution in [1.29, 1.82) is 0 Å². The third-order valence-electron chi connectivity index (χ3n) is 2.79. The molecular formula is C12H17N3O7. The van der Waals surface area contributed by atoms with E-state index in [0.29, 0.717) is 0 Å². The Balaban J connectivity index is 2.94. The van der Waals surface area contributed by atoms with E-state index in [0.717, 1.165) is 0 Å². The van der Waals surface area contributed by atoms with Crippen molar-refractivity contribution >= 4 is 17.9 Å². The molecule has 0 radical (unpaired) electrons. The number of rotatable bonds is 6. The van der Waals surface area contributed by atoms with Crippen molar-refractivity contribution in [2.75, 3.05) is 13.2 Å². The standard InChI is InChI=1S/C12H17N3O7/c1-6(16)19-5-10-12(21-8(3)18)11(20-7(2)17)9(22-10)4-14-15-13/h9-12H,4-5H2,1-3H3/t9-,10+,11-,12+/m0/s1. The average Bonchev–Trinajstić information content (AvgIpc) is 2.71. The number of nitrogens with zero attached hydrogens (tertiary/aromatic N) is 3. The lowest BCUT2D eigenvalue weighted by atomic mass is 10.1. The van der Waals surface area contributed by atoms with Gasteiger partial charge < -0.3 is 18.9 Å². The predicted octanol–water partition coefficient (Wildman–Crippen LogP) is 0.491. The van der Waals surface area contributed by atoms with Crippen molar-refractivity contribution in [3.8, 4) is 0 Å². The molecule has 1 heterocycles. The second-order valence-electron chi connectivity index (χ2n) is 4.58. The quantitative estimate of drug-likeness (QED) is 0.228. The summed E-state index contributed by atoms with van der Waals surface area (Å²) in [6.07, 6.45) is -3.53. The first-order valence-corrected chi connectivity index (χ1v) is 6.49. The lowest BCUT2D eigenvalue weighted by Crippen LogP contribution is -2.41. The van der Waals surface area contributed by atoms with Gasteiger partial charge in [0.2, 0.25) is 0 Å². The molecule has 1 aliphatic rings. The molecule has 122 valence electrons. The second-order valence-corrected chi connectivity index (χ2v) is 4.58. The van der Waals surface area contributed by atoms with Crippen LogP contribution in [0.25, 0.3) is 10.4 Å².